The molecule has 3 aromatic rings. The number of nitrogens with two attached hydrogens (primary N) is 1. The molecule has 26 heavy (non-hydrogen) atoms. The zero-order valence-electron chi connectivity index (χ0n) is 14.9. The number of hydrogen-bond acceptors (Lipinski definition) is 5. The zero-order valence-corrected chi connectivity index (χ0v) is 14.9. The Morgan fingerprint density at radius 3 is 2.35 bits per heavy atom. The molecule has 1 fully saturated rings. The molecule has 1 aliphatic rings. The number of nitrogens with zero attached hydrogens (tertiary/aromatic N) is 2. The standard InChI is InChI=1S/C21H23N3O2/c1-15(19-23-20(24-26-19)21(22)13-5-6-14-21)25-18-11-9-17(10-12-18)16-7-3-2-4-8-16/h2-4,7-12,15H,5-6,13-14,22H2,1H3. The third-order valence-corrected chi connectivity index (χ3v) is 5.00. The van der Waals surface area contributed by atoms with E-state index in [4.69, 9.17) is 15.0 Å². The molecule has 0 amide bonds. The lowest BCUT2D eigenvalue weighted by Gasteiger charge is -2.17. The van der Waals surface area contributed by atoms with Gasteiger partial charge in [0.25, 0.3) is 5.89 Å². The number of rotatable bonds is 5. The van der Waals surface area contributed by atoms with E-state index in [1.807, 2.05) is 49.4 Å². The van der Waals surface area contributed by atoms with Crippen LogP contribution in [0.1, 0.15) is 50.4 Å². The van der Waals surface area contributed by atoms with Crippen LogP contribution >= 0.6 is 0 Å². The van der Waals surface area contributed by atoms with Crippen LogP contribution < -0.4 is 10.5 Å². The Bertz CT molecular complexity index is 852. The van der Waals surface area contributed by atoms with Crippen molar-refractivity contribution >= 4 is 0 Å². The molecule has 0 saturated heterocycles. The molecule has 2 N–H and O–H groups in total. The monoisotopic (exact) mass is 349 g/mol. The fourth-order valence-corrected chi connectivity index (χ4v) is 3.44. The van der Waals surface area contributed by atoms with Crippen molar-refractivity contribution in [1.29, 1.82) is 0 Å². The first kappa shape index (κ1) is 16.8. The van der Waals surface area contributed by atoms with Crippen LogP contribution in [0.3, 0.4) is 0 Å². The predicted molar refractivity (Wildman–Crippen MR) is 99.6 cm³/mol. The summed E-state index contributed by atoms with van der Waals surface area (Å²) >= 11 is 0. The highest BCUT2D eigenvalue weighted by molar-refractivity contribution is 5.63. The first-order chi connectivity index (χ1) is 12.6. The van der Waals surface area contributed by atoms with Crippen LogP contribution in [-0.2, 0) is 5.54 Å². The summed E-state index contributed by atoms with van der Waals surface area (Å²) in [5.74, 6) is 1.82. The fourth-order valence-electron chi connectivity index (χ4n) is 3.44. The quantitative estimate of drug-likeness (QED) is 0.728. The average Bonchev–Trinajstić information content (AvgIpc) is 3.33. The Hall–Kier alpha value is -2.66. The molecule has 5 nitrogen and oxygen atoms in total. The van der Waals surface area contributed by atoms with Crippen LogP contribution in [0.15, 0.2) is 59.1 Å². The normalized spacial score (nSPS) is 17.2. The maximum atomic E-state index is 6.39. The van der Waals surface area contributed by atoms with Gasteiger partial charge >= 0.3 is 0 Å². The number of ether oxygens (including phenoxy) is 1. The van der Waals surface area contributed by atoms with Crippen LogP contribution in [0, 0.1) is 0 Å². The number of benzene rings is 2. The molecule has 0 radical (unpaired) electrons. The minimum Gasteiger partial charge on any atom is -0.481 e. The van der Waals surface area contributed by atoms with Gasteiger partial charge in [-0.3, -0.25) is 0 Å². The summed E-state index contributed by atoms with van der Waals surface area (Å²) in [5, 5.41) is 4.10. The van der Waals surface area contributed by atoms with Crippen LogP contribution in [0.2, 0.25) is 0 Å². The van der Waals surface area contributed by atoms with Crippen molar-refractivity contribution in [2.75, 3.05) is 0 Å². The summed E-state index contributed by atoms with van der Waals surface area (Å²) in [6.07, 6.45) is 3.70. The number of aromatic nitrogens is 2. The van der Waals surface area contributed by atoms with Crippen molar-refractivity contribution in [3.8, 4) is 16.9 Å². The van der Waals surface area contributed by atoms with Crippen molar-refractivity contribution in [3.63, 3.8) is 0 Å². The Labute approximate surface area is 153 Å². The van der Waals surface area contributed by atoms with E-state index in [1.54, 1.807) is 0 Å². The highest BCUT2D eigenvalue weighted by atomic mass is 16.5. The van der Waals surface area contributed by atoms with Gasteiger partial charge in [0.05, 0.1) is 5.54 Å². The summed E-state index contributed by atoms with van der Waals surface area (Å²) in [6.45, 7) is 1.90. The van der Waals surface area contributed by atoms with Gasteiger partial charge in [0, 0.05) is 0 Å². The maximum Gasteiger partial charge on any atom is 0.267 e. The predicted octanol–water partition coefficient (Wildman–Crippen LogP) is 4.60. The Kier molecular flexibility index (Phi) is 4.47. The lowest BCUT2D eigenvalue weighted by molar-refractivity contribution is 0.175. The van der Waals surface area contributed by atoms with Crippen LogP contribution in [-0.4, -0.2) is 10.1 Å². The van der Waals surface area contributed by atoms with E-state index in [2.05, 4.69) is 22.3 Å². The highest BCUT2D eigenvalue weighted by Gasteiger charge is 2.36. The van der Waals surface area contributed by atoms with E-state index in [1.165, 1.54) is 5.56 Å². The molecule has 1 unspecified atom stereocenters. The maximum absolute atomic E-state index is 6.39. The topological polar surface area (TPSA) is 74.2 Å². The third kappa shape index (κ3) is 3.35. The van der Waals surface area contributed by atoms with E-state index in [-0.39, 0.29) is 6.10 Å². The van der Waals surface area contributed by atoms with Crippen LogP contribution in [0.5, 0.6) is 5.75 Å². The molecule has 134 valence electrons. The van der Waals surface area contributed by atoms with Gasteiger partial charge in [-0.05, 0) is 43.0 Å². The van der Waals surface area contributed by atoms with Crippen LogP contribution in [0.4, 0.5) is 0 Å². The van der Waals surface area contributed by atoms with Crippen molar-refractivity contribution in [2.45, 2.75) is 44.2 Å². The smallest absolute Gasteiger partial charge is 0.267 e. The van der Waals surface area contributed by atoms with Gasteiger partial charge in [-0.15, -0.1) is 0 Å². The molecule has 1 aromatic heterocycles. The summed E-state index contributed by atoms with van der Waals surface area (Å²) in [4.78, 5) is 4.50. The van der Waals surface area contributed by atoms with Crippen LogP contribution in [0.25, 0.3) is 11.1 Å². The Balaban J connectivity index is 1.45. The molecular weight excluding hydrogens is 326 g/mol. The van der Waals surface area contributed by atoms with E-state index < -0.39 is 5.54 Å². The lowest BCUT2D eigenvalue weighted by Crippen LogP contribution is -2.34. The van der Waals surface area contributed by atoms with Gasteiger partial charge in [0.15, 0.2) is 11.9 Å². The fraction of sp³-hybridized carbons (Fsp3) is 0.333. The molecule has 5 heteroatoms. The van der Waals surface area contributed by atoms with Crippen molar-refractivity contribution in [1.82, 2.24) is 10.1 Å². The van der Waals surface area contributed by atoms with Crippen molar-refractivity contribution in [2.24, 2.45) is 5.73 Å². The molecular formula is C21H23N3O2. The Morgan fingerprint density at radius 1 is 1.00 bits per heavy atom. The van der Waals surface area contributed by atoms with E-state index >= 15 is 0 Å². The van der Waals surface area contributed by atoms with Gasteiger partial charge in [-0.2, -0.15) is 4.98 Å². The molecule has 1 aliphatic carbocycles. The SMILES string of the molecule is CC(Oc1ccc(-c2ccccc2)cc1)c1nc(C2(N)CCCC2)no1. The number of hydrogen-bond donors (Lipinski definition) is 1. The molecule has 0 aliphatic heterocycles. The van der Waals surface area contributed by atoms with Gasteiger partial charge in [0.1, 0.15) is 5.75 Å². The molecule has 1 saturated carbocycles. The van der Waals surface area contributed by atoms with Gasteiger partial charge < -0.3 is 15.0 Å². The molecule has 0 spiro atoms. The molecule has 1 heterocycles. The second-order valence-corrected chi connectivity index (χ2v) is 6.97. The average molecular weight is 349 g/mol. The van der Waals surface area contributed by atoms with E-state index in [9.17, 15) is 0 Å². The van der Waals surface area contributed by atoms with Gasteiger partial charge in [-0.25, -0.2) is 0 Å². The van der Waals surface area contributed by atoms with Crippen molar-refractivity contribution < 1.29 is 9.26 Å². The van der Waals surface area contributed by atoms with E-state index in [0.29, 0.717) is 11.7 Å². The van der Waals surface area contributed by atoms with E-state index in [0.717, 1.165) is 37.0 Å². The third-order valence-electron chi connectivity index (χ3n) is 5.00. The molecule has 2 aromatic carbocycles. The Morgan fingerprint density at radius 2 is 1.65 bits per heavy atom. The van der Waals surface area contributed by atoms with Crippen molar-refractivity contribution in [3.05, 3.63) is 66.3 Å². The summed E-state index contributed by atoms with van der Waals surface area (Å²) in [6, 6.07) is 18.3. The van der Waals surface area contributed by atoms with Gasteiger partial charge in [0.2, 0.25) is 0 Å². The highest BCUT2D eigenvalue weighted by Crippen LogP contribution is 2.35. The van der Waals surface area contributed by atoms with Gasteiger partial charge in [-0.1, -0.05) is 60.5 Å². The largest absolute Gasteiger partial charge is 0.481 e. The minimum absolute atomic E-state index is 0.330. The second-order valence-electron chi connectivity index (χ2n) is 6.97. The molecule has 1 atom stereocenters. The molecule has 4 rings (SSSR count). The second kappa shape index (κ2) is 6.92. The molecule has 0 bridgehead atoms. The first-order valence-electron chi connectivity index (χ1n) is 9.09. The summed E-state index contributed by atoms with van der Waals surface area (Å²) in [7, 11) is 0. The zero-order chi connectivity index (χ0) is 18.0. The first-order valence-corrected chi connectivity index (χ1v) is 9.09. The minimum atomic E-state index is -0.446. The summed E-state index contributed by atoms with van der Waals surface area (Å²) < 4.78 is 11.4. The summed E-state index contributed by atoms with van der Waals surface area (Å²) in [5.41, 5.74) is 8.28. The lowest BCUT2D eigenvalue weighted by atomic mass is 9.99.